The Hall–Kier alpha value is -1.97. The third kappa shape index (κ3) is 3.59. The van der Waals surface area contributed by atoms with Crippen molar-refractivity contribution in [3.8, 4) is 0 Å². The third-order valence-corrected chi connectivity index (χ3v) is 6.19. The van der Waals surface area contributed by atoms with Crippen molar-refractivity contribution in [3.05, 3.63) is 31.3 Å². The van der Waals surface area contributed by atoms with Crippen LogP contribution in [0.5, 0.6) is 0 Å². The lowest BCUT2D eigenvalue weighted by Crippen LogP contribution is -2.42. The first-order valence-corrected chi connectivity index (χ1v) is 9.95. The van der Waals surface area contributed by atoms with Crippen LogP contribution in [0.1, 0.15) is 37.1 Å². The SMILES string of the molecule is CC1(C)Cc2c(sc3[nH]c(=O)n(CC(=O)NC[C@@H]4CCCO4)c(=O)c23)CO1. The van der Waals surface area contributed by atoms with Crippen molar-refractivity contribution in [2.24, 2.45) is 0 Å². The number of aromatic nitrogens is 2. The van der Waals surface area contributed by atoms with Gasteiger partial charge in [0.15, 0.2) is 0 Å². The first-order valence-electron chi connectivity index (χ1n) is 9.14. The van der Waals surface area contributed by atoms with Crippen molar-refractivity contribution >= 4 is 27.5 Å². The molecule has 0 radical (unpaired) electrons. The van der Waals surface area contributed by atoms with Gasteiger partial charge in [-0.25, -0.2) is 4.79 Å². The quantitative estimate of drug-likeness (QED) is 0.803. The van der Waals surface area contributed by atoms with Crippen LogP contribution < -0.4 is 16.6 Å². The van der Waals surface area contributed by atoms with E-state index in [1.54, 1.807) is 0 Å². The average molecular weight is 393 g/mol. The first-order chi connectivity index (χ1) is 12.8. The molecule has 9 heteroatoms. The second-order valence-electron chi connectivity index (χ2n) is 7.69. The van der Waals surface area contributed by atoms with Gasteiger partial charge >= 0.3 is 5.69 Å². The van der Waals surface area contributed by atoms with E-state index in [1.807, 2.05) is 13.8 Å². The summed E-state index contributed by atoms with van der Waals surface area (Å²) < 4.78 is 12.2. The van der Waals surface area contributed by atoms with Crippen molar-refractivity contribution in [3.63, 3.8) is 0 Å². The van der Waals surface area contributed by atoms with Gasteiger partial charge in [0.1, 0.15) is 11.4 Å². The summed E-state index contributed by atoms with van der Waals surface area (Å²) in [5, 5.41) is 3.25. The first kappa shape index (κ1) is 18.4. The molecule has 2 aromatic heterocycles. The number of rotatable bonds is 4. The van der Waals surface area contributed by atoms with E-state index in [2.05, 4.69) is 10.3 Å². The zero-order valence-electron chi connectivity index (χ0n) is 15.4. The summed E-state index contributed by atoms with van der Waals surface area (Å²) in [5.74, 6) is -0.370. The lowest BCUT2D eigenvalue weighted by Gasteiger charge is -2.29. The summed E-state index contributed by atoms with van der Waals surface area (Å²) in [6.45, 7) is 5.17. The molecule has 2 aliphatic rings. The van der Waals surface area contributed by atoms with E-state index in [9.17, 15) is 14.4 Å². The van der Waals surface area contributed by atoms with Gasteiger partial charge in [-0.15, -0.1) is 11.3 Å². The molecule has 4 heterocycles. The van der Waals surface area contributed by atoms with Gasteiger partial charge in [0.05, 0.1) is 23.7 Å². The molecule has 0 spiro atoms. The molecule has 0 aromatic carbocycles. The van der Waals surface area contributed by atoms with Gasteiger partial charge in [0.2, 0.25) is 5.91 Å². The number of H-pyrrole nitrogens is 1. The van der Waals surface area contributed by atoms with Crippen LogP contribution in [0.25, 0.3) is 10.2 Å². The molecule has 1 atom stereocenters. The van der Waals surface area contributed by atoms with Crippen LogP contribution >= 0.6 is 11.3 Å². The number of aromatic amines is 1. The minimum absolute atomic E-state index is 0.0116. The summed E-state index contributed by atoms with van der Waals surface area (Å²) in [4.78, 5) is 41.9. The molecule has 8 nitrogen and oxygen atoms in total. The highest BCUT2D eigenvalue weighted by Crippen LogP contribution is 2.36. The van der Waals surface area contributed by atoms with Gasteiger partial charge in [0.25, 0.3) is 5.56 Å². The number of ether oxygens (including phenoxy) is 2. The molecule has 2 N–H and O–H groups in total. The van der Waals surface area contributed by atoms with Crippen molar-refractivity contribution in [2.75, 3.05) is 13.2 Å². The predicted molar refractivity (Wildman–Crippen MR) is 101 cm³/mol. The fourth-order valence-electron chi connectivity index (χ4n) is 3.64. The Labute approximate surface area is 159 Å². The molecule has 1 amide bonds. The Morgan fingerprint density at radius 1 is 1.41 bits per heavy atom. The molecule has 0 unspecified atom stereocenters. The molecule has 1 fully saturated rings. The molecular formula is C18H23N3O5S. The number of hydrogen-bond acceptors (Lipinski definition) is 6. The zero-order chi connectivity index (χ0) is 19.2. The van der Waals surface area contributed by atoms with E-state index < -0.39 is 11.2 Å². The topological polar surface area (TPSA) is 102 Å². The van der Waals surface area contributed by atoms with E-state index in [1.165, 1.54) is 11.3 Å². The number of fused-ring (bicyclic) bond motifs is 3. The maximum atomic E-state index is 13.0. The van der Waals surface area contributed by atoms with Crippen molar-refractivity contribution in [1.82, 2.24) is 14.9 Å². The summed E-state index contributed by atoms with van der Waals surface area (Å²) in [6, 6.07) is 0. The van der Waals surface area contributed by atoms with Crippen molar-refractivity contribution in [2.45, 2.75) is 58.0 Å². The Kier molecular flexibility index (Phi) is 4.69. The zero-order valence-corrected chi connectivity index (χ0v) is 16.2. The molecule has 0 bridgehead atoms. The fourth-order valence-corrected chi connectivity index (χ4v) is 4.75. The molecule has 0 aliphatic carbocycles. The van der Waals surface area contributed by atoms with Crippen LogP contribution in [-0.2, 0) is 33.8 Å². The second-order valence-corrected chi connectivity index (χ2v) is 8.80. The number of amides is 1. The van der Waals surface area contributed by atoms with Crippen LogP contribution in [0.15, 0.2) is 9.59 Å². The maximum Gasteiger partial charge on any atom is 0.329 e. The lowest BCUT2D eigenvalue weighted by molar-refractivity contribution is -0.122. The van der Waals surface area contributed by atoms with Gasteiger partial charge in [-0.05, 0) is 32.3 Å². The van der Waals surface area contributed by atoms with Crippen molar-refractivity contribution in [1.29, 1.82) is 0 Å². The van der Waals surface area contributed by atoms with Crippen LogP contribution in [0.2, 0.25) is 0 Å². The van der Waals surface area contributed by atoms with Gasteiger partial charge in [-0.1, -0.05) is 0 Å². The fraction of sp³-hybridized carbons (Fsp3) is 0.611. The van der Waals surface area contributed by atoms with E-state index >= 15 is 0 Å². The predicted octanol–water partition coefficient (Wildman–Crippen LogP) is 0.898. The highest BCUT2D eigenvalue weighted by Gasteiger charge is 2.31. The minimum atomic E-state index is -0.571. The number of nitrogens with zero attached hydrogens (tertiary/aromatic N) is 1. The molecule has 1 saturated heterocycles. The number of hydrogen-bond donors (Lipinski definition) is 2. The number of carbonyl (C=O) groups is 1. The molecule has 2 aliphatic heterocycles. The Morgan fingerprint density at radius 3 is 2.96 bits per heavy atom. The van der Waals surface area contributed by atoms with E-state index in [-0.39, 0.29) is 24.2 Å². The van der Waals surface area contributed by atoms with Crippen LogP contribution in [-0.4, -0.2) is 40.3 Å². The minimum Gasteiger partial charge on any atom is -0.376 e. The van der Waals surface area contributed by atoms with Gasteiger partial charge in [-0.3, -0.25) is 19.1 Å². The molecule has 4 rings (SSSR count). The largest absolute Gasteiger partial charge is 0.376 e. The monoisotopic (exact) mass is 393 g/mol. The highest BCUT2D eigenvalue weighted by molar-refractivity contribution is 7.18. The standard InChI is InChI=1S/C18H23N3O5S/c1-18(2)6-11-12(9-26-18)27-15-14(11)16(23)21(17(24)20-15)8-13(22)19-7-10-4-3-5-25-10/h10H,3-9H2,1-2H3,(H,19,22)(H,20,24)/t10-/m0/s1. The van der Waals surface area contributed by atoms with E-state index in [0.717, 1.165) is 27.8 Å². The Balaban J connectivity index is 1.62. The average Bonchev–Trinajstić information content (AvgIpc) is 3.23. The Morgan fingerprint density at radius 2 is 2.22 bits per heavy atom. The summed E-state index contributed by atoms with van der Waals surface area (Å²) in [6.07, 6.45) is 2.50. The summed E-state index contributed by atoms with van der Waals surface area (Å²) in [5.41, 5.74) is -0.441. The number of nitrogens with one attached hydrogen (secondary N) is 2. The molecular weight excluding hydrogens is 370 g/mol. The third-order valence-electron chi connectivity index (χ3n) is 5.06. The van der Waals surface area contributed by atoms with E-state index in [0.29, 0.717) is 36.4 Å². The van der Waals surface area contributed by atoms with Gasteiger partial charge in [-0.2, -0.15) is 0 Å². The number of carbonyl (C=O) groups excluding carboxylic acids is 1. The molecule has 2 aromatic rings. The normalized spacial score (nSPS) is 21.3. The van der Waals surface area contributed by atoms with Crippen LogP contribution in [0, 0.1) is 0 Å². The summed E-state index contributed by atoms with van der Waals surface area (Å²) in [7, 11) is 0. The smallest absolute Gasteiger partial charge is 0.329 e. The Bertz CT molecular complexity index is 997. The molecule has 0 saturated carbocycles. The number of thiophene rings is 1. The summed E-state index contributed by atoms with van der Waals surface area (Å²) >= 11 is 1.37. The van der Waals surface area contributed by atoms with Gasteiger partial charge < -0.3 is 14.8 Å². The highest BCUT2D eigenvalue weighted by atomic mass is 32.1. The lowest BCUT2D eigenvalue weighted by atomic mass is 9.94. The van der Waals surface area contributed by atoms with Crippen LogP contribution in [0.3, 0.4) is 0 Å². The van der Waals surface area contributed by atoms with Crippen LogP contribution in [0.4, 0.5) is 0 Å². The molecule has 146 valence electrons. The van der Waals surface area contributed by atoms with Crippen molar-refractivity contribution < 1.29 is 14.3 Å². The molecule has 27 heavy (non-hydrogen) atoms. The van der Waals surface area contributed by atoms with Gasteiger partial charge in [0, 0.05) is 24.4 Å². The second kappa shape index (κ2) is 6.88. The van der Waals surface area contributed by atoms with E-state index in [4.69, 9.17) is 9.47 Å². The maximum absolute atomic E-state index is 13.0.